The third kappa shape index (κ3) is 6.25. The second-order valence-electron chi connectivity index (χ2n) is 5.92. The Balaban J connectivity index is 1.79. The molecule has 26 heavy (non-hydrogen) atoms. The van der Waals surface area contributed by atoms with Crippen LogP contribution in [0.3, 0.4) is 0 Å². The Morgan fingerprint density at radius 2 is 2.00 bits per heavy atom. The molecule has 1 atom stereocenters. The molecule has 0 aliphatic heterocycles. The number of aromatic nitrogens is 2. The maximum absolute atomic E-state index is 12.3. The Hall–Kier alpha value is -2.22. The molecule has 0 saturated heterocycles. The molecule has 0 spiro atoms. The van der Waals surface area contributed by atoms with Crippen LogP contribution < -0.4 is 5.32 Å². The van der Waals surface area contributed by atoms with E-state index in [1.165, 1.54) is 0 Å². The molecule has 2 rings (SSSR count). The summed E-state index contributed by atoms with van der Waals surface area (Å²) in [5.74, 6) is -0.254. The molecule has 0 unspecified atom stereocenters. The van der Waals surface area contributed by atoms with Gasteiger partial charge in [0.05, 0.1) is 44.2 Å². The highest BCUT2D eigenvalue weighted by atomic mass is 16.5. The zero-order chi connectivity index (χ0) is 18.8. The number of hydrogen-bond acceptors (Lipinski definition) is 5. The largest absolute Gasteiger partial charge is 0.389 e. The van der Waals surface area contributed by atoms with Gasteiger partial charge in [0.1, 0.15) is 0 Å². The van der Waals surface area contributed by atoms with Gasteiger partial charge in [-0.2, -0.15) is 5.10 Å². The molecule has 1 amide bonds. The van der Waals surface area contributed by atoms with Crippen LogP contribution in [0, 0.1) is 6.92 Å². The van der Waals surface area contributed by atoms with Gasteiger partial charge in [0.15, 0.2) is 0 Å². The number of amides is 1. The summed E-state index contributed by atoms with van der Waals surface area (Å²) in [5, 5.41) is 16.9. The van der Waals surface area contributed by atoms with Gasteiger partial charge in [-0.05, 0) is 19.4 Å². The van der Waals surface area contributed by atoms with E-state index in [4.69, 9.17) is 9.47 Å². The first-order valence-electron chi connectivity index (χ1n) is 8.80. The average molecular weight is 361 g/mol. The predicted octanol–water partition coefficient (Wildman–Crippen LogP) is 1.38. The minimum absolute atomic E-state index is 0.122. The van der Waals surface area contributed by atoms with Crippen LogP contribution in [0.4, 0.5) is 0 Å². The van der Waals surface area contributed by atoms with E-state index in [1.54, 1.807) is 10.9 Å². The number of ether oxygens (including phenoxy) is 2. The highest BCUT2D eigenvalue weighted by Gasteiger charge is 2.15. The van der Waals surface area contributed by atoms with E-state index >= 15 is 0 Å². The minimum Gasteiger partial charge on any atom is -0.389 e. The molecule has 142 valence electrons. The second kappa shape index (κ2) is 10.7. The van der Waals surface area contributed by atoms with Crippen molar-refractivity contribution < 1.29 is 19.4 Å². The maximum atomic E-state index is 12.3. The Morgan fingerprint density at radius 1 is 1.27 bits per heavy atom. The smallest absolute Gasteiger partial charge is 0.254 e. The summed E-state index contributed by atoms with van der Waals surface area (Å²) in [6.45, 7) is 6.21. The normalized spacial score (nSPS) is 12.1. The van der Waals surface area contributed by atoms with E-state index in [9.17, 15) is 9.90 Å². The summed E-state index contributed by atoms with van der Waals surface area (Å²) in [7, 11) is 0. The SMILES string of the molecule is CCOCCOC[C@@H](O)CNC(=O)c1cnn(Cc2ccccc2)c1C. The Bertz CT molecular complexity index is 673. The molecular formula is C19H27N3O4. The molecule has 0 radical (unpaired) electrons. The molecule has 0 fully saturated rings. The number of carbonyl (C=O) groups is 1. The fourth-order valence-corrected chi connectivity index (χ4v) is 2.43. The molecule has 0 aliphatic carbocycles. The standard InChI is InChI=1S/C19H27N3O4/c1-3-25-9-10-26-14-17(23)11-20-19(24)18-12-21-22(15(18)2)13-16-7-5-4-6-8-16/h4-8,12,17,23H,3,9-11,13-14H2,1-2H3,(H,20,24)/t17-/m0/s1. The first-order chi connectivity index (χ1) is 12.6. The number of aliphatic hydroxyl groups excluding tert-OH is 1. The Kier molecular flexibility index (Phi) is 8.27. The van der Waals surface area contributed by atoms with E-state index in [1.807, 2.05) is 44.2 Å². The topological polar surface area (TPSA) is 85.6 Å². The number of aliphatic hydroxyl groups is 1. The van der Waals surface area contributed by atoms with Crippen LogP contribution >= 0.6 is 0 Å². The van der Waals surface area contributed by atoms with Crippen molar-refractivity contribution in [3.05, 3.63) is 53.3 Å². The van der Waals surface area contributed by atoms with Crippen molar-refractivity contribution in [2.45, 2.75) is 26.5 Å². The minimum atomic E-state index is -0.764. The first kappa shape index (κ1) is 20.1. The van der Waals surface area contributed by atoms with Crippen LogP contribution in [0.1, 0.15) is 28.5 Å². The van der Waals surface area contributed by atoms with Crippen molar-refractivity contribution in [3.8, 4) is 0 Å². The fraction of sp³-hybridized carbons (Fsp3) is 0.474. The zero-order valence-corrected chi connectivity index (χ0v) is 15.4. The Morgan fingerprint density at radius 3 is 2.73 bits per heavy atom. The molecule has 1 aromatic carbocycles. The van der Waals surface area contributed by atoms with Crippen molar-refractivity contribution in [1.82, 2.24) is 15.1 Å². The summed E-state index contributed by atoms with van der Waals surface area (Å²) in [6, 6.07) is 9.94. The second-order valence-corrected chi connectivity index (χ2v) is 5.92. The van der Waals surface area contributed by atoms with Gasteiger partial charge in [-0.15, -0.1) is 0 Å². The van der Waals surface area contributed by atoms with Gasteiger partial charge in [0, 0.05) is 18.8 Å². The van der Waals surface area contributed by atoms with Crippen LogP contribution in [0.5, 0.6) is 0 Å². The van der Waals surface area contributed by atoms with E-state index in [0.717, 1.165) is 11.3 Å². The van der Waals surface area contributed by atoms with Crippen LogP contribution in [-0.2, 0) is 16.0 Å². The summed E-state index contributed by atoms with van der Waals surface area (Å²) < 4.78 is 12.2. The Labute approximate surface area is 153 Å². The number of carbonyl (C=O) groups excluding carboxylic acids is 1. The third-order valence-corrected chi connectivity index (χ3v) is 3.91. The summed E-state index contributed by atoms with van der Waals surface area (Å²) in [5.41, 5.74) is 2.41. The number of rotatable bonds is 11. The third-order valence-electron chi connectivity index (χ3n) is 3.91. The van der Waals surface area contributed by atoms with Crippen molar-refractivity contribution >= 4 is 5.91 Å². The van der Waals surface area contributed by atoms with Gasteiger partial charge in [0.2, 0.25) is 0 Å². The van der Waals surface area contributed by atoms with Crippen molar-refractivity contribution in [2.24, 2.45) is 0 Å². The molecular weight excluding hydrogens is 334 g/mol. The van der Waals surface area contributed by atoms with Gasteiger partial charge in [-0.25, -0.2) is 0 Å². The zero-order valence-electron chi connectivity index (χ0n) is 15.4. The van der Waals surface area contributed by atoms with Crippen LogP contribution in [-0.4, -0.2) is 59.9 Å². The highest BCUT2D eigenvalue weighted by Crippen LogP contribution is 2.10. The maximum Gasteiger partial charge on any atom is 0.254 e. The molecule has 1 aromatic heterocycles. The van der Waals surface area contributed by atoms with Crippen LogP contribution in [0.2, 0.25) is 0 Å². The lowest BCUT2D eigenvalue weighted by Gasteiger charge is -2.12. The lowest BCUT2D eigenvalue weighted by atomic mass is 10.2. The van der Waals surface area contributed by atoms with Crippen molar-refractivity contribution in [2.75, 3.05) is 33.0 Å². The van der Waals surface area contributed by atoms with E-state index < -0.39 is 6.10 Å². The van der Waals surface area contributed by atoms with E-state index in [2.05, 4.69) is 10.4 Å². The lowest BCUT2D eigenvalue weighted by molar-refractivity contribution is 0.00663. The number of benzene rings is 1. The van der Waals surface area contributed by atoms with Crippen molar-refractivity contribution in [3.63, 3.8) is 0 Å². The molecule has 0 bridgehead atoms. The first-order valence-corrected chi connectivity index (χ1v) is 8.80. The van der Waals surface area contributed by atoms with E-state index in [-0.39, 0.29) is 19.1 Å². The van der Waals surface area contributed by atoms with E-state index in [0.29, 0.717) is 31.9 Å². The summed E-state index contributed by atoms with van der Waals surface area (Å²) in [4.78, 5) is 12.3. The highest BCUT2D eigenvalue weighted by molar-refractivity contribution is 5.95. The predicted molar refractivity (Wildman–Crippen MR) is 98.2 cm³/mol. The van der Waals surface area contributed by atoms with Crippen LogP contribution in [0.15, 0.2) is 36.5 Å². The summed E-state index contributed by atoms with van der Waals surface area (Å²) >= 11 is 0. The van der Waals surface area contributed by atoms with Gasteiger partial charge < -0.3 is 19.9 Å². The van der Waals surface area contributed by atoms with Gasteiger partial charge in [0.25, 0.3) is 5.91 Å². The molecule has 0 saturated carbocycles. The monoisotopic (exact) mass is 361 g/mol. The summed E-state index contributed by atoms with van der Waals surface area (Å²) in [6.07, 6.45) is 0.790. The van der Waals surface area contributed by atoms with Crippen molar-refractivity contribution in [1.29, 1.82) is 0 Å². The van der Waals surface area contributed by atoms with Gasteiger partial charge in [-0.3, -0.25) is 9.48 Å². The van der Waals surface area contributed by atoms with Crippen LogP contribution in [0.25, 0.3) is 0 Å². The van der Waals surface area contributed by atoms with Gasteiger partial charge >= 0.3 is 0 Å². The quantitative estimate of drug-likeness (QED) is 0.591. The lowest BCUT2D eigenvalue weighted by Crippen LogP contribution is -2.35. The molecule has 7 heteroatoms. The fourth-order valence-electron chi connectivity index (χ4n) is 2.43. The molecule has 0 aliphatic rings. The number of nitrogens with zero attached hydrogens (tertiary/aromatic N) is 2. The molecule has 1 heterocycles. The molecule has 2 aromatic rings. The number of nitrogens with one attached hydrogen (secondary N) is 1. The average Bonchev–Trinajstić information content (AvgIpc) is 3.01. The molecule has 2 N–H and O–H groups in total. The number of hydrogen-bond donors (Lipinski definition) is 2. The molecule has 7 nitrogen and oxygen atoms in total. The van der Waals surface area contributed by atoms with Gasteiger partial charge in [-0.1, -0.05) is 30.3 Å².